The van der Waals surface area contributed by atoms with Crippen LogP contribution in [0.5, 0.6) is 5.75 Å². The maximum absolute atomic E-state index is 9.42. The van der Waals surface area contributed by atoms with Crippen LogP contribution in [-0.4, -0.2) is 10.2 Å². The van der Waals surface area contributed by atoms with Crippen molar-refractivity contribution >= 4 is 23.0 Å². The monoisotopic (exact) mass is 180 g/mol. The summed E-state index contributed by atoms with van der Waals surface area (Å²) in [7, 11) is 0. The molecule has 0 bridgehead atoms. The van der Waals surface area contributed by atoms with E-state index in [1.54, 1.807) is 12.1 Å². The van der Waals surface area contributed by atoms with Crippen molar-refractivity contribution in [1.82, 2.24) is 5.32 Å². The molecule has 3 nitrogen and oxygen atoms in total. The van der Waals surface area contributed by atoms with Crippen LogP contribution in [0, 0.1) is 0 Å². The minimum absolute atomic E-state index is 0.301. The minimum atomic E-state index is 0.301. The van der Waals surface area contributed by atoms with Crippen LogP contribution >= 0.6 is 12.2 Å². The van der Waals surface area contributed by atoms with Gasteiger partial charge in [0.2, 0.25) is 0 Å². The second-order valence-corrected chi connectivity index (χ2v) is 3.02. The van der Waals surface area contributed by atoms with E-state index in [2.05, 4.69) is 10.6 Å². The molecule has 0 radical (unpaired) electrons. The molecule has 1 aliphatic heterocycles. The summed E-state index contributed by atoms with van der Waals surface area (Å²) in [4.78, 5) is 0. The van der Waals surface area contributed by atoms with Crippen molar-refractivity contribution in [1.29, 1.82) is 0 Å². The number of phenolic OH excluding ortho intramolecular Hbond substituents is 1. The Kier molecular flexibility index (Phi) is 1.62. The van der Waals surface area contributed by atoms with Gasteiger partial charge < -0.3 is 15.7 Å². The van der Waals surface area contributed by atoms with E-state index in [-0.39, 0.29) is 0 Å². The molecule has 1 aliphatic rings. The number of aromatic hydroxyl groups is 1. The van der Waals surface area contributed by atoms with Crippen molar-refractivity contribution in [3.63, 3.8) is 0 Å². The molecule has 0 atom stereocenters. The average Bonchev–Trinajstić information content (AvgIpc) is 2.04. The quantitative estimate of drug-likeness (QED) is 0.525. The molecular weight excluding hydrogens is 172 g/mol. The van der Waals surface area contributed by atoms with Crippen molar-refractivity contribution in [2.45, 2.75) is 6.54 Å². The first-order chi connectivity index (χ1) is 5.77. The van der Waals surface area contributed by atoms with Gasteiger partial charge >= 0.3 is 0 Å². The maximum atomic E-state index is 9.42. The molecule has 1 aromatic rings. The number of benzene rings is 1. The SMILES string of the molecule is Oc1cccc2c1CNC(=S)N2. The Balaban J connectivity index is 2.48. The number of anilines is 1. The lowest BCUT2D eigenvalue weighted by Crippen LogP contribution is -2.32. The molecule has 2 rings (SSSR count). The van der Waals surface area contributed by atoms with Gasteiger partial charge in [-0.2, -0.15) is 0 Å². The van der Waals surface area contributed by atoms with Crippen LogP contribution in [0.25, 0.3) is 0 Å². The van der Waals surface area contributed by atoms with Crippen LogP contribution in [0.2, 0.25) is 0 Å². The van der Waals surface area contributed by atoms with Gasteiger partial charge in [0, 0.05) is 17.8 Å². The summed E-state index contributed by atoms with van der Waals surface area (Å²) in [5.74, 6) is 0.301. The summed E-state index contributed by atoms with van der Waals surface area (Å²) in [6, 6.07) is 5.34. The third-order valence-electron chi connectivity index (χ3n) is 1.83. The van der Waals surface area contributed by atoms with Gasteiger partial charge in [0.05, 0.1) is 0 Å². The molecule has 0 unspecified atom stereocenters. The van der Waals surface area contributed by atoms with Crippen molar-refractivity contribution < 1.29 is 5.11 Å². The Hall–Kier alpha value is -1.29. The van der Waals surface area contributed by atoms with E-state index in [1.165, 1.54) is 0 Å². The molecule has 0 spiro atoms. The number of fused-ring (bicyclic) bond motifs is 1. The van der Waals surface area contributed by atoms with Crippen molar-refractivity contribution in [2.75, 3.05) is 5.32 Å². The molecule has 0 amide bonds. The lowest BCUT2D eigenvalue weighted by Gasteiger charge is -2.20. The van der Waals surface area contributed by atoms with Crippen molar-refractivity contribution in [2.24, 2.45) is 0 Å². The van der Waals surface area contributed by atoms with Gasteiger partial charge in [-0.25, -0.2) is 0 Å². The molecule has 12 heavy (non-hydrogen) atoms. The minimum Gasteiger partial charge on any atom is -0.508 e. The molecule has 0 saturated heterocycles. The second-order valence-electron chi connectivity index (χ2n) is 2.61. The summed E-state index contributed by atoms with van der Waals surface area (Å²) < 4.78 is 0. The highest BCUT2D eigenvalue weighted by Gasteiger charge is 2.13. The average molecular weight is 180 g/mol. The molecule has 0 aliphatic carbocycles. The summed E-state index contributed by atoms with van der Waals surface area (Å²) in [6.45, 7) is 0.591. The van der Waals surface area contributed by atoms with Crippen molar-refractivity contribution in [3.05, 3.63) is 23.8 Å². The predicted molar refractivity (Wildman–Crippen MR) is 51.2 cm³/mol. The summed E-state index contributed by atoms with van der Waals surface area (Å²) in [5.41, 5.74) is 1.75. The van der Waals surface area contributed by atoms with Crippen LogP contribution in [0.1, 0.15) is 5.56 Å². The maximum Gasteiger partial charge on any atom is 0.171 e. The van der Waals surface area contributed by atoms with E-state index in [4.69, 9.17) is 12.2 Å². The fraction of sp³-hybridized carbons (Fsp3) is 0.125. The van der Waals surface area contributed by atoms with Gasteiger partial charge in [-0.3, -0.25) is 0 Å². The number of hydrogen-bond acceptors (Lipinski definition) is 2. The number of thiocarbonyl (C=S) groups is 1. The number of phenols is 1. The van der Waals surface area contributed by atoms with Crippen molar-refractivity contribution in [3.8, 4) is 5.75 Å². The lowest BCUT2D eigenvalue weighted by atomic mass is 10.1. The molecule has 0 aromatic heterocycles. The van der Waals surface area contributed by atoms with Gasteiger partial charge in [0.1, 0.15) is 5.75 Å². The highest BCUT2D eigenvalue weighted by atomic mass is 32.1. The van der Waals surface area contributed by atoms with Crippen LogP contribution in [0.4, 0.5) is 5.69 Å². The number of nitrogens with one attached hydrogen (secondary N) is 2. The zero-order valence-corrected chi connectivity index (χ0v) is 7.11. The van der Waals surface area contributed by atoms with Crippen LogP contribution in [-0.2, 0) is 6.54 Å². The van der Waals surface area contributed by atoms with E-state index in [1.807, 2.05) is 6.07 Å². The molecule has 0 saturated carbocycles. The first-order valence-electron chi connectivity index (χ1n) is 3.63. The first kappa shape index (κ1) is 7.36. The Morgan fingerprint density at radius 1 is 1.42 bits per heavy atom. The first-order valence-corrected chi connectivity index (χ1v) is 4.04. The molecular formula is C8H8N2OS. The van der Waals surface area contributed by atoms with Gasteiger partial charge in [-0.1, -0.05) is 6.07 Å². The topological polar surface area (TPSA) is 44.3 Å². The van der Waals surface area contributed by atoms with Gasteiger partial charge in [0.25, 0.3) is 0 Å². The van der Waals surface area contributed by atoms with E-state index in [0.29, 0.717) is 17.4 Å². The van der Waals surface area contributed by atoms with Gasteiger partial charge in [-0.05, 0) is 24.4 Å². The molecule has 62 valence electrons. The molecule has 1 aromatic carbocycles. The fourth-order valence-corrected chi connectivity index (χ4v) is 1.39. The van der Waals surface area contributed by atoms with Crippen LogP contribution < -0.4 is 10.6 Å². The smallest absolute Gasteiger partial charge is 0.171 e. The molecule has 1 heterocycles. The molecule has 4 heteroatoms. The summed E-state index contributed by atoms with van der Waals surface area (Å²) >= 11 is 4.92. The van der Waals surface area contributed by atoms with Gasteiger partial charge in [-0.15, -0.1) is 0 Å². The third kappa shape index (κ3) is 1.10. The van der Waals surface area contributed by atoms with E-state index >= 15 is 0 Å². The third-order valence-corrected chi connectivity index (χ3v) is 2.07. The Labute approximate surface area is 75.4 Å². The van der Waals surface area contributed by atoms with E-state index in [0.717, 1.165) is 11.3 Å². The predicted octanol–water partition coefficient (Wildman–Crippen LogP) is 1.19. The highest BCUT2D eigenvalue weighted by Crippen LogP contribution is 2.26. The number of hydrogen-bond donors (Lipinski definition) is 3. The fourth-order valence-electron chi connectivity index (χ4n) is 1.21. The second kappa shape index (κ2) is 2.64. The Morgan fingerprint density at radius 2 is 2.25 bits per heavy atom. The highest BCUT2D eigenvalue weighted by molar-refractivity contribution is 7.80. The summed E-state index contributed by atoms with van der Waals surface area (Å²) in [5, 5.41) is 15.9. The normalized spacial score (nSPS) is 14.5. The number of rotatable bonds is 0. The van der Waals surface area contributed by atoms with E-state index < -0.39 is 0 Å². The zero-order valence-electron chi connectivity index (χ0n) is 6.29. The van der Waals surface area contributed by atoms with Gasteiger partial charge in [0.15, 0.2) is 5.11 Å². The zero-order chi connectivity index (χ0) is 8.55. The Morgan fingerprint density at radius 3 is 3.08 bits per heavy atom. The molecule has 0 fully saturated rings. The molecule has 3 N–H and O–H groups in total. The van der Waals surface area contributed by atoms with Crippen LogP contribution in [0.3, 0.4) is 0 Å². The lowest BCUT2D eigenvalue weighted by molar-refractivity contribution is 0.467. The standard InChI is InChI=1S/C8H8N2OS/c11-7-3-1-2-6-5(7)4-9-8(12)10-6/h1-3,11H,4H2,(H2,9,10,12). The largest absolute Gasteiger partial charge is 0.508 e. The Bertz CT molecular complexity index is 338. The van der Waals surface area contributed by atoms with Crippen LogP contribution in [0.15, 0.2) is 18.2 Å². The van der Waals surface area contributed by atoms with E-state index in [9.17, 15) is 5.11 Å². The summed E-state index contributed by atoms with van der Waals surface area (Å²) in [6.07, 6.45) is 0.